The second kappa shape index (κ2) is 7.67. The molecule has 0 aliphatic heterocycles. The molecule has 0 bridgehead atoms. The molecule has 1 N–H and O–H groups in total. The number of hydrogen-bond acceptors (Lipinski definition) is 6. The Kier molecular flexibility index (Phi) is 5.34. The van der Waals surface area contributed by atoms with E-state index in [1.165, 1.54) is 22.2 Å². The number of methoxy groups -OCH3 is 2. The first-order valence-electron chi connectivity index (χ1n) is 7.98. The van der Waals surface area contributed by atoms with E-state index in [-0.39, 0.29) is 11.5 Å². The Morgan fingerprint density at radius 2 is 2.15 bits per heavy atom. The van der Waals surface area contributed by atoms with Gasteiger partial charge in [0.25, 0.3) is 11.5 Å². The molecule has 2 heterocycles. The number of ether oxygens (including phenoxy) is 2. The second-order valence-electron chi connectivity index (χ2n) is 5.66. The van der Waals surface area contributed by atoms with Gasteiger partial charge in [-0.15, -0.1) is 11.3 Å². The van der Waals surface area contributed by atoms with Gasteiger partial charge in [-0.3, -0.25) is 14.2 Å². The van der Waals surface area contributed by atoms with E-state index in [1.807, 2.05) is 0 Å². The number of anilines is 1. The van der Waals surface area contributed by atoms with Crippen molar-refractivity contribution in [2.24, 2.45) is 0 Å². The van der Waals surface area contributed by atoms with Crippen LogP contribution in [0, 0.1) is 6.92 Å². The molecule has 0 radical (unpaired) electrons. The summed E-state index contributed by atoms with van der Waals surface area (Å²) in [6.45, 7) is 2.60. The first-order valence-corrected chi connectivity index (χ1v) is 8.79. The number of hydrogen-bond donors (Lipinski definition) is 1. The van der Waals surface area contributed by atoms with Gasteiger partial charge in [0.2, 0.25) is 0 Å². The summed E-state index contributed by atoms with van der Waals surface area (Å²) in [5, 5.41) is 3.31. The number of amides is 1. The van der Waals surface area contributed by atoms with Crippen molar-refractivity contribution >= 4 is 33.1 Å². The Morgan fingerprint density at radius 1 is 1.35 bits per heavy atom. The fraction of sp³-hybridized carbons (Fsp3) is 0.278. The summed E-state index contributed by atoms with van der Waals surface area (Å²) in [7, 11) is 3.14. The van der Waals surface area contributed by atoms with Gasteiger partial charge in [-0.2, -0.15) is 0 Å². The Morgan fingerprint density at radius 3 is 2.88 bits per heavy atom. The number of nitrogens with one attached hydrogen (secondary N) is 1. The van der Waals surface area contributed by atoms with Gasteiger partial charge in [-0.25, -0.2) is 4.98 Å². The fourth-order valence-corrected chi connectivity index (χ4v) is 3.65. The van der Waals surface area contributed by atoms with Crippen LogP contribution in [0.3, 0.4) is 0 Å². The first kappa shape index (κ1) is 18.1. The third-order valence-corrected chi connectivity index (χ3v) is 5.19. The van der Waals surface area contributed by atoms with Crippen LogP contribution in [-0.2, 0) is 11.3 Å². The van der Waals surface area contributed by atoms with Crippen LogP contribution < -0.4 is 15.6 Å². The summed E-state index contributed by atoms with van der Waals surface area (Å²) in [5.41, 5.74) is 1.09. The predicted molar refractivity (Wildman–Crippen MR) is 101 cm³/mol. The summed E-state index contributed by atoms with van der Waals surface area (Å²) in [5.74, 6) is 0.375. The molecule has 0 saturated heterocycles. The van der Waals surface area contributed by atoms with E-state index in [2.05, 4.69) is 10.3 Å². The molecule has 0 unspecified atom stereocenters. The zero-order valence-electron chi connectivity index (χ0n) is 14.7. The average molecular weight is 373 g/mol. The highest BCUT2D eigenvalue weighted by Gasteiger charge is 2.19. The van der Waals surface area contributed by atoms with E-state index in [4.69, 9.17) is 9.47 Å². The van der Waals surface area contributed by atoms with Crippen LogP contribution in [0.1, 0.15) is 15.2 Å². The molecular weight excluding hydrogens is 354 g/mol. The van der Waals surface area contributed by atoms with Gasteiger partial charge in [0.15, 0.2) is 0 Å². The molecular formula is C18H19N3O4S. The Bertz CT molecular complexity index is 1010. The van der Waals surface area contributed by atoms with Crippen molar-refractivity contribution in [3.63, 3.8) is 0 Å². The van der Waals surface area contributed by atoms with Gasteiger partial charge in [0.1, 0.15) is 10.6 Å². The lowest BCUT2D eigenvalue weighted by atomic mass is 10.2. The number of benzene rings is 1. The molecule has 7 nitrogen and oxygen atoms in total. The van der Waals surface area contributed by atoms with Gasteiger partial charge in [0, 0.05) is 18.9 Å². The molecule has 1 aromatic carbocycles. The molecule has 136 valence electrons. The minimum atomic E-state index is -0.276. The van der Waals surface area contributed by atoms with Gasteiger partial charge in [-0.05, 0) is 24.6 Å². The maximum Gasteiger partial charge on any atom is 0.266 e. The average Bonchev–Trinajstić information content (AvgIpc) is 2.99. The predicted octanol–water partition coefficient (Wildman–Crippen LogP) is 2.67. The third kappa shape index (κ3) is 3.47. The van der Waals surface area contributed by atoms with Crippen LogP contribution >= 0.6 is 11.3 Å². The Hall–Kier alpha value is -2.71. The molecule has 2 aromatic heterocycles. The van der Waals surface area contributed by atoms with Crippen molar-refractivity contribution in [3.05, 3.63) is 51.4 Å². The number of carbonyl (C=O) groups excluding carboxylic acids is 1. The largest absolute Gasteiger partial charge is 0.497 e. The summed E-state index contributed by atoms with van der Waals surface area (Å²) >= 11 is 1.21. The number of carbonyl (C=O) groups is 1. The molecule has 0 spiro atoms. The van der Waals surface area contributed by atoms with Crippen molar-refractivity contribution in [2.75, 3.05) is 26.1 Å². The fourth-order valence-electron chi connectivity index (χ4n) is 2.61. The van der Waals surface area contributed by atoms with E-state index in [1.54, 1.807) is 45.4 Å². The Labute approximate surface area is 154 Å². The smallest absolute Gasteiger partial charge is 0.266 e. The van der Waals surface area contributed by atoms with E-state index in [0.717, 1.165) is 0 Å². The van der Waals surface area contributed by atoms with Crippen LogP contribution in [0.25, 0.3) is 10.2 Å². The van der Waals surface area contributed by atoms with Crippen LogP contribution in [0.5, 0.6) is 5.75 Å². The Balaban J connectivity index is 1.94. The highest BCUT2D eigenvalue weighted by molar-refractivity contribution is 7.20. The van der Waals surface area contributed by atoms with Crippen molar-refractivity contribution in [3.8, 4) is 5.75 Å². The SMILES string of the molecule is COCCn1cnc2sc(C(=O)Nc3cccc(OC)c3)c(C)c2c1=O. The molecule has 0 atom stereocenters. The number of thiophene rings is 1. The van der Waals surface area contributed by atoms with Crippen LogP contribution in [0.2, 0.25) is 0 Å². The van der Waals surface area contributed by atoms with Crippen LogP contribution in [0.15, 0.2) is 35.4 Å². The lowest BCUT2D eigenvalue weighted by molar-refractivity contribution is 0.103. The maximum atomic E-state index is 12.7. The second-order valence-corrected chi connectivity index (χ2v) is 6.66. The summed E-state index contributed by atoms with van der Waals surface area (Å²) < 4.78 is 11.7. The molecule has 26 heavy (non-hydrogen) atoms. The number of aromatic nitrogens is 2. The summed E-state index contributed by atoms with van der Waals surface area (Å²) in [4.78, 5) is 30.7. The quantitative estimate of drug-likeness (QED) is 0.718. The summed E-state index contributed by atoms with van der Waals surface area (Å²) in [6, 6.07) is 7.10. The maximum absolute atomic E-state index is 12.7. The van der Waals surface area contributed by atoms with E-state index < -0.39 is 0 Å². The number of nitrogens with zero attached hydrogens (tertiary/aromatic N) is 2. The van der Waals surface area contributed by atoms with Crippen molar-refractivity contribution in [2.45, 2.75) is 13.5 Å². The number of fused-ring (bicyclic) bond motifs is 1. The molecule has 0 fully saturated rings. The zero-order valence-corrected chi connectivity index (χ0v) is 15.6. The summed E-state index contributed by atoms with van der Waals surface area (Å²) in [6.07, 6.45) is 1.49. The van der Waals surface area contributed by atoms with Crippen molar-refractivity contribution in [1.29, 1.82) is 0 Å². The highest BCUT2D eigenvalue weighted by Crippen LogP contribution is 2.28. The molecule has 8 heteroatoms. The molecule has 0 aliphatic carbocycles. The lowest BCUT2D eigenvalue weighted by Gasteiger charge is -2.06. The third-order valence-electron chi connectivity index (χ3n) is 3.99. The van der Waals surface area contributed by atoms with Crippen LogP contribution in [-0.4, -0.2) is 36.3 Å². The highest BCUT2D eigenvalue weighted by atomic mass is 32.1. The molecule has 0 saturated carbocycles. The molecule has 3 rings (SSSR count). The lowest BCUT2D eigenvalue weighted by Crippen LogP contribution is -2.22. The van der Waals surface area contributed by atoms with Crippen molar-refractivity contribution in [1.82, 2.24) is 9.55 Å². The normalized spacial score (nSPS) is 10.9. The number of aryl methyl sites for hydroxylation is 1. The van der Waals surface area contributed by atoms with Gasteiger partial charge in [-0.1, -0.05) is 6.07 Å². The minimum Gasteiger partial charge on any atom is -0.497 e. The van der Waals surface area contributed by atoms with Gasteiger partial charge in [0.05, 0.1) is 36.9 Å². The van der Waals surface area contributed by atoms with Gasteiger partial charge >= 0.3 is 0 Å². The van der Waals surface area contributed by atoms with E-state index in [9.17, 15) is 9.59 Å². The monoisotopic (exact) mass is 373 g/mol. The zero-order chi connectivity index (χ0) is 18.7. The van der Waals surface area contributed by atoms with Crippen molar-refractivity contribution < 1.29 is 14.3 Å². The molecule has 0 aliphatic rings. The van der Waals surface area contributed by atoms with E-state index in [0.29, 0.717) is 45.2 Å². The standard InChI is InChI=1S/C18H19N3O4S/c1-11-14-17(19-10-21(18(14)23)7-8-24-2)26-15(11)16(22)20-12-5-4-6-13(9-12)25-3/h4-6,9-10H,7-8H2,1-3H3,(H,20,22). The molecule has 3 aromatic rings. The van der Waals surface area contributed by atoms with Crippen LogP contribution in [0.4, 0.5) is 5.69 Å². The minimum absolute atomic E-state index is 0.166. The van der Waals surface area contributed by atoms with Gasteiger partial charge < -0.3 is 14.8 Å². The van der Waals surface area contributed by atoms with E-state index >= 15 is 0 Å². The topological polar surface area (TPSA) is 82.5 Å². The first-order chi connectivity index (χ1) is 12.5. The number of rotatable bonds is 6. The molecule has 1 amide bonds.